The zero-order valence-corrected chi connectivity index (χ0v) is 17.3. The number of aliphatic hydroxyl groups excluding tert-OH is 1. The third-order valence-electron chi connectivity index (χ3n) is 6.01. The van der Waals surface area contributed by atoms with E-state index in [0.29, 0.717) is 24.4 Å². The van der Waals surface area contributed by atoms with Gasteiger partial charge in [0.25, 0.3) is 0 Å². The van der Waals surface area contributed by atoms with Crippen molar-refractivity contribution in [1.29, 1.82) is 0 Å². The van der Waals surface area contributed by atoms with Crippen LogP contribution in [0, 0.1) is 11.8 Å². The topological polar surface area (TPSA) is 77.1 Å². The van der Waals surface area contributed by atoms with Gasteiger partial charge in [-0.05, 0) is 72.8 Å². The smallest absolute Gasteiger partial charge is 0.142 e. The Morgan fingerprint density at radius 3 is 2.69 bits per heavy atom. The number of nitrogens with zero attached hydrogens (tertiary/aromatic N) is 1. The molecule has 2 aromatic carbocycles. The Bertz CT molecular complexity index is 789. The standard InChI is InChI=1S/C24H32N2O3/c1-17(25)24-13-21(10-11-22(24)15-27)20-8-6-18(7-9-20)16-29-26-14-19-4-3-5-23(12-19)28-2/h3-9,12,14,17,21-22,24,27H,10-11,13,15-16,25H2,1-2H3/b26-14+/t17-,21-,22+,24?/m0/s1. The maximum absolute atomic E-state index is 9.62. The van der Waals surface area contributed by atoms with Crippen LogP contribution in [0.25, 0.3) is 0 Å². The minimum absolute atomic E-state index is 0.116. The lowest BCUT2D eigenvalue weighted by atomic mass is 9.70. The molecule has 3 N–H and O–H groups in total. The lowest BCUT2D eigenvalue weighted by Gasteiger charge is -2.37. The minimum atomic E-state index is 0.116. The third kappa shape index (κ3) is 5.81. The van der Waals surface area contributed by atoms with Gasteiger partial charge >= 0.3 is 0 Å². The van der Waals surface area contributed by atoms with Crippen molar-refractivity contribution < 1.29 is 14.7 Å². The number of rotatable bonds is 8. The van der Waals surface area contributed by atoms with Crippen LogP contribution in [0.2, 0.25) is 0 Å². The van der Waals surface area contributed by atoms with Gasteiger partial charge in [0, 0.05) is 12.6 Å². The highest BCUT2D eigenvalue weighted by atomic mass is 16.6. The van der Waals surface area contributed by atoms with Crippen molar-refractivity contribution in [2.45, 2.75) is 44.8 Å². The Kier molecular flexibility index (Phi) is 7.67. The molecule has 1 saturated carbocycles. The second-order valence-electron chi connectivity index (χ2n) is 8.00. The first-order chi connectivity index (χ1) is 14.1. The van der Waals surface area contributed by atoms with E-state index in [0.717, 1.165) is 36.1 Å². The van der Waals surface area contributed by atoms with Gasteiger partial charge in [-0.1, -0.05) is 41.6 Å². The van der Waals surface area contributed by atoms with Gasteiger partial charge < -0.3 is 20.4 Å². The van der Waals surface area contributed by atoms with E-state index in [4.69, 9.17) is 15.3 Å². The predicted octanol–water partition coefficient (Wildman–Crippen LogP) is 4.09. The summed E-state index contributed by atoms with van der Waals surface area (Å²) < 4.78 is 5.20. The van der Waals surface area contributed by atoms with E-state index >= 15 is 0 Å². The van der Waals surface area contributed by atoms with E-state index < -0.39 is 0 Å². The lowest BCUT2D eigenvalue weighted by Crippen LogP contribution is -2.38. The molecule has 1 unspecified atom stereocenters. The summed E-state index contributed by atoms with van der Waals surface area (Å²) in [5.41, 5.74) is 9.54. The summed E-state index contributed by atoms with van der Waals surface area (Å²) in [6, 6.07) is 16.4. The highest BCUT2D eigenvalue weighted by Gasteiger charge is 2.32. The quantitative estimate of drug-likeness (QED) is 0.521. The molecule has 0 amide bonds. The molecule has 5 heteroatoms. The molecule has 1 aliphatic carbocycles. The first-order valence-electron chi connectivity index (χ1n) is 10.4. The van der Waals surface area contributed by atoms with Crippen molar-refractivity contribution in [3.05, 3.63) is 65.2 Å². The summed E-state index contributed by atoms with van der Waals surface area (Å²) in [5.74, 6) is 2.02. The molecule has 0 aliphatic heterocycles. The van der Waals surface area contributed by atoms with Gasteiger partial charge in [-0.3, -0.25) is 0 Å². The van der Waals surface area contributed by atoms with Crippen LogP contribution in [0.3, 0.4) is 0 Å². The summed E-state index contributed by atoms with van der Waals surface area (Å²) in [6.45, 7) is 2.73. The summed E-state index contributed by atoms with van der Waals surface area (Å²) in [6.07, 6.45) is 4.88. The highest BCUT2D eigenvalue weighted by Crippen LogP contribution is 2.40. The largest absolute Gasteiger partial charge is 0.497 e. The fraction of sp³-hybridized carbons (Fsp3) is 0.458. The number of benzene rings is 2. The number of methoxy groups -OCH3 is 1. The van der Waals surface area contributed by atoms with Gasteiger partial charge in [0.1, 0.15) is 12.4 Å². The van der Waals surface area contributed by atoms with E-state index in [1.165, 1.54) is 5.56 Å². The van der Waals surface area contributed by atoms with Crippen LogP contribution in [0.5, 0.6) is 5.75 Å². The molecule has 5 nitrogen and oxygen atoms in total. The molecular formula is C24H32N2O3. The zero-order chi connectivity index (χ0) is 20.6. The Morgan fingerprint density at radius 1 is 1.21 bits per heavy atom. The molecule has 2 aromatic rings. The molecular weight excluding hydrogens is 364 g/mol. The van der Waals surface area contributed by atoms with Crippen molar-refractivity contribution in [1.82, 2.24) is 0 Å². The first-order valence-corrected chi connectivity index (χ1v) is 10.4. The Morgan fingerprint density at radius 2 is 2.00 bits per heavy atom. The van der Waals surface area contributed by atoms with Gasteiger partial charge in [0.05, 0.1) is 13.3 Å². The molecule has 29 heavy (non-hydrogen) atoms. The second kappa shape index (κ2) is 10.4. The Balaban J connectivity index is 1.53. The van der Waals surface area contributed by atoms with E-state index in [2.05, 4.69) is 36.3 Å². The van der Waals surface area contributed by atoms with Gasteiger partial charge in [-0.15, -0.1) is 0 Å². The molecule has 0 bridgehead atoms. The molecule has 156 valence electrons. The van der Waals surface area contributed by atoms with Gasteiger partial charge in [0.15, 0.2) is 0 Å². The minimum Gasteiger partial charge on any atom is -0.497 e. The average molecular weight is 397 g/mol. The van der Waals surface area contributed by atoms with Crippen LogP contribution in [-0.2, 0) is 11.4 Å². The Hall–Kier alpha value is -2.37. The van der Waals surface area contributed by atoms with E-state index in [1.807, 2.05) is 24.3 Å². The van der Waals surface area contributed by atoms with Crippen molar-refractivity contribution in [3.8, 4) is 5.75 Å². The lowest BCUT2D eigenvalue weighted by molar-refractivity contribution is 0.112. The molecule has 0 heterocycles. The summed E-state index contributed by atoms with van der Waals surface area (Å²) in [4.78, 5) is 5.44. The molecule has 3 rings (SSSR count). The van der Waals surface area contributed by atoms with Crippen molar-refractivity contribution in [2.24, 2.45) is 22.7 Å². The molecule has 0 aromatic heterocycles. The maximum Gasteiger partial charge on any atom is 0.142 e. The molecule has 1 fully saturated rings. The van der Waals surface area contributed by atoms with Gasteiger partial charge in [-0.25, -0.2) is 0 Å². The van der Waals surface area contributed by atoms with Gasteiger partial charge in [-0.2, -0.15) is 0 Å². The number of oxime groups is 1. The maximum atomic E-state index is 9.62. The number of hydrogen-bond donors (Lipinski definition) is 2. The predicted molar refractivity (Wildman–Crippen MR) is 116 cm³/mol. The molecule has 0 saturated heterocycles. The number of hydrogen-bond acceptors (Lipinski definition) is 5. The van der Waals surface area contributed by atoms with Crippen molar-refractivity contribution >= 4 is 6.21 Å². The van der Waals surface area contributed by atoms with E-state index in [9.17, 15) is 5.11 Å². The second-order valence-corrected chi connectivity index (χ2v) is 8.00. The fourth-order valence-corrected chi connectivity index (χ4v) is 4.26. The van der Waals surface area contributed by atoms with Crippen LogP contribution in [0.4, 0.5) is 0 Å². The SMILES string of the molecule is COc1cccc(/C=N/OCc2ccc([C@H]3CC[C@H](CO)C([C@H](C)N)C3)cc2)c1. The monoisotopic (exact) mass is 396 g/mol. The van der Waals surface area contributed by atoms with Crippen LogP contribution in [-0.4, -0.2) is 31.1 Å². The van der Waals surface area contributed by atoms with E-state index in [1.54, 1.807) is 13.3 Å². The Labute approximate surface area is 173 Å². The van der Waals surface area contributed by atoms with Crippen molar-refractivity contribution in [2.75, 3.05) is 13.7 Å². The van der Waals surface area contributed by atoms with Crippen LogP contribution in [0.1, 0.15) is 48.8 Å². The summed E-state index contributed by atoms with van der Waals surface area (Å²) in [7, 11) is 1.64. The summed E-state index contributed by atoms with van der Waals surface area (Å²) in [5, 5.41) is 13.7. The van der Waals surface area contributed by atoms with Crippen molar-refractivity contribution in [3.63, 3.8) is 0 Å². The fourth-order valence-electron chi connectivity index (χ4n) is 4.26. The number of nitrogens with two attached hydrogens (primary N) is 1. The zero-order valence-electron chi connectivity index (χ0n) is 17.3. The molecule has 0 radical (unpaired) electrons. The van der Waals surface area contributed by atoms with Crippen LogP contribution < -0.4 is 10.5 Å². The van der Waals surface area contributed by atoms with Crippen LogP contribution in [0.15, 0.2) is 53.7 Å². The van der Waals surface area contributed by atoms with E-state index in [-0.39, 0.29) is 12.6 Å². The third-order valence-corrected chi connectivity index (χ3v) is 6.01. The van der Waals surface area contributed by atoms with Gasteiger partial charge in [0.2, 0.25) is 0 Å². The molecule has 1 aliphatic rings. The number of ether oxygens (including phenoxy) is 1. The number of aliphatic hydroxyl groups is 1. The highest BCUT2D eigenvalue weighted by molar-refractivity contribution is 5.79. The molecule has 0 spiro atoms. The summed E-state index contributed by atoms with van der Waals surface area (Å²) >= 11 is 0. The molecule has 4 atom stereocenters. The first kappa shape index (κ1) is 21.3. The normalized spacial score (nSPS) is 23.1. The van der Waals surface area contributed by atoms with Crippen LogP contribution >= 0.6 is 0 Å². The average Bonchev–Trinajstić information content (AvgIpc) is 2.76.